The molecule has 2 aromatic rings. The van der Waals surface area contributed by atoms with Crippen molar-refractivity contribution in [2.75, 3.05) is 0 Å². The molecule has 100 valence electrons. The Morgan fingerprint density at radius 1 is 1.32 bits per heavy atom. The summed E-state index contributed by atoms with van der Waals surface area (Å²) in [6.07, 6.45) is 0.947. The average Bonchev–Trinajstić information content (AvgIpc) is 2.35. The molecule has 0 saturated carbocycles. The first kappa shape index (κ1) is 13.5. The average molecular weight is 257 g/mol. The highest BCUT2D eigenvalue weighted by Crippen LogP contribution is 2.27. The molecule has 1 N–H and O–H groups in total. The minimum atomic E-state index is -0.885. The smallest absolute Gasteiger partial charge is 0.336 e. The van der Waals surface area contributed by atoms with Crippen molar-refractivity contribution in [1.29, 1.82) is 0 Å². The lowest BCUT2D eigenvalue weighted by atomic mass is 9.96. The molecule has 0 fully saturated rings. The number of rotatable bonds is 3. The third kappa shape index (κ3) is 2.46. The Labute approximate surface area is 113 Å². The maximum absolute atomic E-state index is 11.5. The third-order valence-electron chi connectivity index (χ3n) is 3.62. The van der Waals surface area contributed by atoms with Crippen LogP contribution >= 0.6 is 0 Å². The Hall–Kier alpha value is -1.90. The first-order chi connectivity index (χ1) is 8.93. The van der Waals surface area contributed by atoms with E-state index < -0.39 is 5.97 Å². The van der Waals surface area contributed by atoms with E-state index in [0.717, 1.165) is 34.1 Å². The van der Waals surface area contributed by atoms with E-state index in [1.165, 1.54) is 0 Å². The molecule has 3 heteroatoms. The van der Waals surface area contributed by atoms with Crippen LogP contribution < -0.4 is 0 Å². The monoisotopic (exact) mass is 257 g/mol. The molecule has 1 aromatic carbocycles. The van der Waals surface area contributed by atoms with E-state index in [4.69, 9.17) is 0 Å². The van der Waals surface area contributed by atoms with Crippen LogP contribution in [0.25, 0.3) is 10.9 Å². The molecule has 0 spiro atoms. The molecule has 1 heterocycles. The second-order valence-electron chi connectivity index (χ2n) is 5.19. The highest BCUT2D eigenvalue weighted by Gasteiger charge is 2.16. The standard InChI is InChI=1S/C16H19NO2/c1-5-10(3)13-8-12(16(18)19)15-11(4)6-9(2)7-14(15)17-13/h6-8,10H,5H2,1-4H3,(H,18,19). The van der Waals surface area contributed by atoms with Gasteiger partial charge in [-0.2, -0.15) is 0 Å². The Kier molecular flexibility index (Phi) is 3.56. The highest BCUT2D eigenvalue weighted by atomic mass is 16.4. The fourth-order valence-electron chi connectivity index (χ4n) is 2.41. The summed E-state index contributed by atoms with van der Waals surface area (Å²) in [5.74, 6) is -0.618. The van der Waals surface area contributed by atoms with E-state index >= 15 is 0 Å². The van der Waals surface area contributed by atoms with Crippen LogP contribution in [0.15, 0.2) is 18.2 Å². The summed E-state index contributed by atoms with van der Waals surface area (Å²) in [5.41, 5.74) is 4.08. The van der Waals surface area contributed by atoms with E-state index in [1.54, 1.807) is 6.07 Å². The van der Waals surface area contributed by atoms with Gasteiger partial charge >= 0.3 is 5.97 Å². The predicted octanol–water partition coefficient (Wildman–Crippen LogP) is 4.06. The molecule has 0 saturated heterocycles. The van der Waals surface area contributed by atoms with Crippen LogP contribution in [0.5, 0.6) is 0 Å². The van der Waals surface area contributed by atoms with Gasteiger partial charge in [-0.25, -0.2) is 4.79 Å². The van der Waals surface area contributed by atoms with Crippen LogP contribution in [0, 0.1) is 13.8 Å². The summed E-state index contributed by atoms with van der Waals surface area (Å²) in [7, 11) is 0. The summed E-state index contributed by atoms with van der Waals surface area (Å²) >= 11 is 0. The molecule has 3 nitrogen and oxygen atoms in total. The van der Waals surface area contributed by atoms with Crippen molar-refractivity contribution < 1.29 is 9.90 Å². The molecule has 0 aliphatic carbocycles. The molecular weight excluding hydrogens is 238 g/mol. The number of pyridine rings is 1. The summed E-state index contributed by atoms with van der Waals surface area (Å²) < 4.78 is 0. The van der Waals surface area contributed by atoms with E-state index in [2.05, 4.69) is 18.8 Å². The fraction of sp³-hybridized carbons (Fsp3) is 0.375. The van der Waals surface area contributed by atoms with Gasteiger partial charge in [0.15, 0.2) is 0 Å². The van der Waals surface area contributed by atoms with Crippen molar-refractivity contribution in [1.82, 2.24) is 4.98 Å². The molecule has 0 amide bonds. The molecule has 1 atom stereocenters. The Morgan fingerprint density at radius 3 is 2.58 bits per heavy atom. The Balaban J connectivity index is 2.83. The first-order valence-corrected chi connectivity index (χ1v) is 6.59. The maximum atomic E-state index is 11.5. The topological polar surface area (TPSA) is 50.2 Å². The van der Waals surface area contributed by atoms with Gasteiger partial charge in [-0.05, 0) is 49.4 Å². The van der Waals surface area contributed by atoms with Gasteiger partial charge in [0, 0.05) is 11.1 Å². The van der Waals surface area contributed by atoms with E-state index in [9.17, 15) is 9.90 Å². The minimum Gasteiger partial charge on any atom is -0.478 e. The van der Waals surface area contributed by atoms with Crippen LogP contribution in [0.1, 0.15) is 53.4 Å². The van der Waals surface area contributed by atoms with Crippen molar-refractivity contribution in [3.05, 3.63) is 40.6 Å². The number of hydrogen-bond donors (Lipinski definition) is 1. The van der Waals surface area contributed by atoms with Gasteiger partial charge < -0.3 is 5.11 Å². The number of carboxylic acids is 1. The van der Waals surface area contributed by atoms with Gasteiger partial charge in [0.2, 0.25) is 0 Å². The van der Waals surface area contributed by atoms with E-state index in [1.807, 2.05) is 26.0 Å². The maximum Gasteiger partial charge on any atom is 0.336 e. The number of aromatic nitrogens is 1. The summed E-state index contributed by atoms with van der Waals surface area (Å²) in [6.45, 7) is 8.10. The molecular formula is C16H19NO2. The second-order valence-corrected chi connectivity index (χ2v) is 5.19. The lowest BCUT2D eigenvalue weighted by molar-refractivity contribution is 0.0698. The number of hydrogen-bond acceptors (Lipinski definition) is 2. The van der Waals surface area contributed by atoms with E-state index in [0.29, 0.717) is 5.56 Å². The molecule has 0 bridgehead atoms. The van der Waals surface area contributed by atoms with Crippen LogP contribution in [0.4, 0.5) is 0 Å². The number of carboxylic acid groups (broad SMARTS) is 1. The fourth-order valence-corrected chi connectivity index (χ4v) is 2.41. The van der Waals surface area contributed by atoms with Gasteiger partial charge in [-0.3, -0.25) is 4.98 Å². The van der Waals surface area contributed by atoms with Gasteiger partial charge in [0.1, 0.15) is 0 Å². The first-order valence-electron chi connectivity index (χ1n) is 6.59. The van der Waals surface area contributed by atoms with Gasteiger partial charge in [0.25, 0.3) is 0 Å². The number of nitrogens with zero attached hydrogens (tertiary/aromatic N) is 1. The summed E-state index contributed by atoms with van der Waals surface area (Å²) in [4.78, 5) is 16.1. The van der Waals surface area contributed by atoms with Crippen LogP contribution in [-0.4, -0.2) is 16.1 Å². The SMILES string of the molecule is CCC(C)c1cc(C(=O)O)c2c(C)cc(C)cc2n1. The molecule has 2 rings (SSSR count). The summed E-state index contributed by atoms with van der Waals surface area (Å²) in [5, 5.41) is 10.2. The molecule has 1 unspecified atom stereocenters. The number of carbonyl (C=O) groups is 1. The van der Waals surface area contributed by atoms with Crippen LogP contribution in [-0.2, 0) is 0 Å². The lowest BCUT2D eigenvalue weighted by Crippen LogP contribution is -2.05. The van der Waals surface area contributed by atoms with Gasteiger partial charge in [-0.15, -0.1) is 0 Å². The Bertz CT molecular complexity index is 647. The lowest BCUT2D eigenvalue weighted by Gasteiger charge is -2.13. The molecule has 1 aromatic heterocycles. The molecule has 0 aliphatic heterocycles. The molecule has 0 aliphatic rings. The largest absolute Gasteiger partial charge is 0.478 e. The molecule has 0 radical (unpaired) electrons. The quantitative estimate of drug-likeness (QED) is 0.902. The summed E-state index contributed by atoms with van der Waals surface area (Å²) in [6, 6.07) is 5.68. The number of benzene rings is 1. The van der Waals surface area contributed by atoms with Gasteiger partial charge in [0.05, 0.1) is 11.1 Å². The third-order valence-corrected chi connectivity index (χ3v) is 3.62. The normalized spacial score (nSPS) is 12.6. The van der Waals surface area contributed by atoms with Crippen LogP contribution in [0.3, 0.4) is 0 Å². The minimum absolute atomic E-state index is 0.267. The zero-order valence-corrected chi connectivity index (χ0v) is 11.8. The van der Waals surface area contributed by atoms with E-state index in [-0.39, 0.29) is 5.92 Å². The van der Waals surface area contributed by atoms with Crippen molar-refractivity contribution in [3.63, 3.8) is 0 Å². The predicted molar refractivity (Wildman–Crippen MR) is 76.9 cm³/mol. The highest BCUT2D eigenvalue weighted by molar-refractivity contribution is 6.04. The van der Waals surface area contributed by atoms with Crippen molar-refractivity contribution in [2.24, 2.45) is 0 Å². The number of aryl methyl sites for hydroxylation is 2. The Morgan fingerprint density at radius 2 is 2.00 bits per heavy atom. The second kappa shape index (κ2) is 5.00. The number of fused-ring (bicyclic) bond motifs is 1. The molecule has 19 heavy (non-hydrogen) atoms. The van der Waals surface area contributed by atoms with Crippen molar-refractivity contribution in [3.8, 4) is 0 Å². The van der Waals surface area contributed by atoms with Crippen LogP contribution in [0.2, 0.25) is 0 Å². The van der Waals surface area contributed by atoms with Crippen molar-refractivity contribution >= 4 is 16.9 Å². The zero-order chi connectivity index (χ0) is 14.2. The van der Waals surface area contributed by atoms with Crippen molar-refractivity contribution in [2.45, 2.75) is 40.0 Å². The van der Waals surface area contributed by atoms with Gasteiger partial charge in [-0.1, -0.05) is 19.9 Å². The zero-order valence-electron chi connectivity index (χ0n) is 11.8. The number of aromatic carboxylic acids is 1.